The molecule has 204 valence electrons. The minimum absolute atomic E-state index is 0.190. The Bertz CT molecular complexity index is 1320. The molecule has 0 bridgehead atoms. The van der Waals surface area contributed by atoms with Gasteiger partial charge in [-0.05, 0) is 48.6 Å². The molecule has 4 rings (SSSR count). The molecule has 3 aromatic rings. The van der Waals surface area contributed by atoms with Gasteiger partial charge >= 0.3 is 11.8 Å². The fraction of sp³-hybridized carbons (Fsp3) is 0.462. The largest absolute Gasteiger partial charge is 0.383 e. The number of carbonyl (C=O) groups is 2. The van der Waals surface area contributed by atoms with Crippen LogP contribution in [0.1, 0.15) is 31.4 Å². The van der Waals surface area contributed by atoms with Crippen LogP contribution >= 0.6 is 23.2 Å². The molecule has 2 atom stereocenters. The van der Waals surface area contributed by atoms with E-state index in [-0.39, 0.29) is 24.5 Å². The van der Waals surface area contributed by atoms with E-state index in [1.54, 1.807) is 34.0 Å². The van der Waals surface area contributed by atoms with E-state index in [4.69, 9.17) is 33.7 Å². The molecule has 2 amide bonds. The summed E-state index contributed by atoms with van der Waals surface area (Å²) in [5, 5.41) is 8.67. The standard InChI is InChI=1S/C26H34Cl2N6O3Si/c1-16-5-6-22(17-9-18(27)11-19(28)10-17)33(14-16)26(36)25(35)32-21-13-30-24(29)20-12-31-34(23(20)21)15-37-7-8-38(2,3)4/h9-13,16,22H,5-8,14-15H2,1-4H3,(H2,29,30)(H,32,35). The van der Waals surface area contributed by atoms with Crippen LogP contribution in [-0.4, -0.2) is 52.7 Å². The number of piperidine rings is 1. The Hall–Kier alpha value is -2.66. The predicted octanol–water partition coefficient (Wildman–Crippen LogP) is 5.57. The SMILES string of the molecule is CC1CCC(c2cc(Cl)cc(Cl)c2)N(C(=O)C(=O)Nc2cnc(N)c3cnn(COCC[Si](C)(C)C)c23)C1. The average molecular weight is 578 g/mol. The zero-order valence-electron chi connectivity index (χ0n) is 22.1. The number of fused-ring (bicyclic) bond motifs is 1. The molecule has 0 aliphatic carbocycles. The number of anilines is 2. The van der Waals surface area contributed by atoms with Gasteiger partial charge in [-0.1, -0.05) is 49.8 Å². The molecule has 1 aliphatic rings. The minimum Gasteiger partial charge on any atom is -0.383 e. The van der Waals surface area contributed by atoms with Crippen LogP contribution in [0.25, 0.3) is 10.9 Å². The second-order valence-corrected chi connectivity index (χ2v) is 17.6. The Labute approximate surface area is 233 Å². The number of rotatable bonds is 7. The summed E-state index contributed by atoms with van der Waals surface area (Å²) in [7, 11) is -1.24. The van der Waals surface area contributed by atoms with Gasteiger partial charge in [0.2, 0.25) is 0 Å². The van der Waals surface area contributed by atoms with Crippen molar-refractivity contribution in [3.63, 3.8) is 0 Å². The maximum atomic E-state index is 13.5. The topological polar surface area (TPSA) is 115 Å². The van der Waals surface area contributed by atoms with E-state index in [1.165, 1.54) is 6.20 Å². The average Bonchev–Trinajstić information content (AvgIpc) is 3.27. The quantitative estimate of drug-likeness (QED) is 0.216. The number of nitrogens with two attached hydrogens (primary N) is 1. The van der Waals surface area contributed by atoms with Crippen LogP contribution in [0, 0.1) is 5.92 Å². The molecule has 1 fully saturated rings. The van der Waals surface area contributed by atoms with Crippen molar-refractivity contribution in [2.45, 2.75) is 58.2 Å². The lowest BCUT2D eigenvalue weighted by Gasteiger charge is -2.38. The molecule has 3 N–H and O–H groups in total. The summed E-state index contributed by atoms with van der Waals surface area (Å²) >= 11 is 12.5. The number of nitrogens with one attached hydrogen (secondary N) is 1. The number of likely N-dealkylation sites (tertiary alicyclic amines) is 1. The van der Waals surface area contributed by atoms with Crippen LogP contribution in [0.15, 0.2) is 30.6 Å². The van der Waals surface area contributed by atoms with Crippen molar-refractivity contribution in [1.29, 1.82) is 0 Å². The first-order valence-electron chi connectivity index (χ1n) is 12.7. The maximum absolute atomic E-state index is 13.5. The van der Waals surface area contributed by atoms with Gasteiger partial charge in [0.15, 0.2) is 0 Å². The molecule has 1 aromatic carbocycles. The van der Waals surface area contributed by atoms with Gasteiger partial charge in [-0.2, -0.15) is 5.10 Å². The zero-order chi connectivity index (χ0) is 27.6. The van der Waals surface area contributed by atoms with Gasteiger partial charge in [-0.15, -0.1) is 0 Å². The fourth-order valence-electron chi connectivity index (χ4n) is 4.64. The van der Waals surface area contributed by atoms with E-state index in [2.05, 4.69) is 42.0 Å². The fourth-order valence-corrected chi connectivity index (χ4v) is 5.94. The Morgan fingerprint density at radius 1 is 1.16 bits per heavy atom. The number of nitrogen functional groups attached to an aromatic ring is 1. The maximum Gasteiger partial charge on any atom is 0.314 e. The van der Waals surface area contributed by atoms with Crippen LogP contribution in [0.3, 0.4) is 0 Å². The highest BCUT2D eigenvalue weighted by atomic mass is 35.5. The Morgan fingerprint density at radius 3 is 2.55 bits per heavy atom. The number of hydrogen-bond donors (Lipinski definition) is 2. The number of benzene rings is 1. The molecular weight excluding hydrogens is 543 g/mol. The van der Waals surface area contributed by atoms with Gasteiger partial charge in [0.1, 0.15) is 12.5 Å². The second kappa shape index (κ2) is 11.6. The number of hydrogen-bond acceptors (Lipinski definition) is 6. The number of pyridine rings is 1. The molecule has 12 heteroatoms. The normalized spacial score (nSPS) is 18.1. The number of nitrogens with zero attached hydrogens (tertiary/aromatic N) is 4. The number of aromatic nitrogens is 3. The van der Waals surface area contributed by atoms with Gasteiger partial charge in [0.25, 0.3) is 0 Å². The summed E-state index contributed by atoms with van der Waals surface area (Å²) in [4.78, 5) is 32.6. The van der Waals surface area contributed by atoms with Crippen molar-refractivity contribution < 1.29 is 14.3 Å². The van der Waals surface area contributed by atoms with Crippen LogP contribution < -0.4 is 11.1 Å². The molecule has 2 unspecified atom stereocenters. The number of amides is 2. The van der Waals surface area contributed by atoms with Crippen molar-refractivity contribution in [3.05, 3.63) is 46.2 Å². The van der Waals surface area contributed by atoms with E-state index in [9.17, 15) is 9.59 Å². The first-order valence-corrected chi connectivity index (χ1v) is 17.1. The summed E-state index contributed by atoms with van der Waals surface area (Å²) in [5.41, 5.74) is 7.77. The second-order valence-electron chi connectivity index (χ2n) is 11.1. The first-order chi connectivity index (χ1) is 17.9. The van der Waals surface area contributed by atoms with E-state index >= 15 is 0 Å². The smallest absolute Gasteiger partial charge is 0.314 e. The Balaban J connectivity index is 1.56. The van der Waals surface area contributed by atoms with Crippen molar-refractivity contribution in [2.75, 3.05) is 24.2 Å². The summed E-state index contributed by atoms with van der Waals surface area (Å²) in [6, 6.07) is 5.94. The number of halogens is 2. The van der Waals surface area contributed by atoms with E-state index < -0.39 is 19.9 Å². The Kier molecular flexibility index (Phi) is 8.66. The molecule has 1 saturated heterocycles. The van der Waals surface area contributed by atoms with E-state index in [1.807, 2.05) is 0 Å². The third-order valence-electron chi connectivity index (χ3n) is 6.70. The van der Waals surface area contributed by atoms with Gasteiger partial charge in [-0.25, -0.2) is 9.67 Å². The van der Waals surface area contributed by atoms with Crippen molar-refractivity contribution in [3.8, 4) is 0 Å². The highest BCUT2D eigenvalue weighted by molar-refractivity contribution is 6.76. The molecule has 1 aliphatic heterocycles. The van der Waals surface area contributed by atoms with Crippen molar-refractivity contribution in [2.24, 2.45) is 5.92 Å². The zero-order valence-corrected chi connectivity index (χ0v) is 24.6. The van der Waals surface area contributed by atoms with Crippen molar-refractivity contribution in [1.82, 2.24) is 19.7 Å². The van der Waals surface area contributed by atoms with Crippen molar-refractivity contribution >= 4 is 65.5 Å². The summed E-state index contributed by atoms with van der Waals surface area (Å²) in [6.07, 6.45) is 4.64. The van der Waals surface area contributed by atoms with Gasteiger partial charge < -0.3 is 20.7 Å². The van der Waals surface area contributed by atoms with Gasteiger partial charge in [-0.3, -0.25) is 9.59 Å². The van der Waals surface area contributed by atoms with Crippen LogP contribution in [-0.2, 0) is 21.1 Å². The first kappa shape index (κ1) is 28.3. The minimum atomic E-state index is -1.24. The lowest BCUT2D eigenvalue weighted by Crippen LogP contribution is -2.46. The molecule has 0 radical (unpaired) electrons. The van der Waals surface area contributed by atoms with Crippen LogP contribution in [0.4, 0.5) is 11.5 Å². The molecule has 3 heterocycles. The van der Waals surface area contributed by atoms with Crippen LogP contribution in [0.5, 0.6) is 0 Å². The lowest BCUT2D eigenvalue weighted by molar-refractivity contribution is -0.146. The highest BCUT2D eigenvalue weighted by Crippen LogP contribution is 2.36. The summed E-state index contributed by atoms with van der Waals surface area (Å²) < 4.78 is 7.49. The Morgan fingerprint density at radius 2 is 1.87 bits per heavy atom. The third-order valence-corrected chi connectivity index (χ3v) is 8.84. The predicted molar refractivity (Wildman–Crippen MR) is 154 cm³/mol. The molecule has 9 nitrogen and oxygen atoms in total. The number of ether oxygens (including phenoxy) is 1. The molecular formula is C26H34Cl2N6O3Si. The van der Waals surface area contributed by atoms with Gasteiger partial charge in [0, 0.05) is 31.3 Å². The van der Waals surface area contributed by atoms with Gasteiger partial charge in [0.05, 0.1) is 35.0 Å². The third kappa shape index (κ3) is 6.66. The molecule has 38 heavy (non-hydrogen) atoms. The summed E-state index contributed by atoms with van der Waals surface area (Å²) in [5.74, 6) is -0.879. The number of carbonyl (C=O) groups excluding carboxylic acids is 2. The monoisotopic (exact) mass is 576 g/mol. The molecule has 0 saturated carbocycles. The summed E-state index contributed by atoms with van der Waals surface area (Å²) in [6.45, 7) is 10.2. The van der Waals surface area contributed by atoms with Crippen LogP contribution in [0.2, 0.25) is 35.7 Å². The molecule has 2 aromatic heterocycles. The lowest BCUT2D eigenvalue weighted by atomic mass is 9.90. The molecule has 0 spiro atoms. The van der Waals surface area contributed by atoms with E-state index in [0.717, 1.165) is 18.0 Å². The van der Waals surface area contributed by atoms with E-state index in [0.29, 0.717) is 46.2 Å². The highest BCUT2D eigenvalue weighted by Gasteiger charge is 2.35.